The molecule has 1 aromatic heterocycles. The highest BCUT2D eigenvalue weighted by atomic mass is 16.5. The summed E-state index contributed by atoms with van der Waals surface area (Å²) in [5.74, 6) is 1.66. The normalized spacial score (nSPS) is 15.8. The van der Waals surface area contributed by atoms with E-state index in [1.165, 1.54) is 5.56 Å². The third-order valence-corrected chi connectivity index (χ3v) is 6.18. The number of hydrogen-bond donors (Lipinski definition) is 0. The number of piperazine rings is 1. The Balaban J connectivity index is 1.29. The van der Waals surface area contributed by atoms with Gasteiger partial charge >= 0.3 is 0 Å². The smallest absolute Gasteiger partial charge is 0.167 e. The van der Waals surface area contributed by atoms with Crippen LogP contribution in [0.2, 0.25) is 0 Å². The molecule has 5 heteroatoms. The summed E-state index contributed by atoms with van der Waals surface area (Å²) in [7, 11) is 2.19. The van der Waals surface area contributed by atoms with Crippen molar-refractivity contribution in [1.82, 2.24) is 15.0 Å². The van der Waals surface area contributed by atoms with Crippen LogP contribution >= 0.6 is 0 Å². The summed E-state index contributed by atoms with van der Waals surface area (Å²) in [6, 6.07) is 18.6. The third kappa shape index (κ3) is 5.78. The number of rotatable bonds is 7. The van der Waals surface area contributed by atoms with E-state index in [0.29, 0.717) is 0 Å². The van der Waals surface area contributed by atoms with E-state index in [9.17, 15) is 0 Å². The molecule has 0 radical (unpaired) electrons. The predicted octanol–water partition coefficient (Wildman–Crippen LogP) is 5.32. The highest BCUT2D eigenvalue weighted by Crippen LogP contribution is 2.29. The van der Waals surface area contributed by atoms with Crippen LogP contribution in [0, 0.1) is 0 Å². The molecule has 0 spiro atoms. The van der Waals surface area contributed by atoms with E-state index in [4.69, 9.17) is 9.26 Å². The molecule has 170 valence electrons. The molecule has 3 aromatic rings. The van der Waals surface area contributed by atoms with Gasteiger partial charge in [0.2, 0.25) is 0 Å². The highest BCUT2D eigenvalue weighted by molar-refractivity contribution is 5.67. The van der Waals surface area contributed by atoms with Gasteiger partial charge in [-0.2, -0.15) is 0 Å². The van der Waals surface area contributed by atoms with Gasteiger partial charge in [0.15, 0.2) is 5.76 Å². The molecule has 0 atom stereocenters. The SMILES string of the molecule is CN1CCN(CCCOc2ccc(-c3cc(-c4ccc(C(C)(C)C)cc4)no3)cc2)CC1. The number of ether oxygens (including phenoxy) is 1. The fraction of sp³-hybridized carbons (Fsp3) is 0.444. The molecule has 0 amide bonds. The molecular weight excluding hydrogens is 398 g/mol. The first-order valence-electron chi connectivity index (χ1n) is 11.6. The van der Waals surface area contributed by atoms with E-state index >= 15 is 0 Å². The molecule has 1 aliphatic heterocycles. The van der Waals surface area contributed by atoms with E-state index in [0.717, 1.165) is 74.1 Å². The lowest BCUT2D eigenvalue weighted by molar-refractivity contribution is 0.145. The summed E-state index contributed by atoms with van der Waals surface area (Å²) < 4.78 is 11.6. The Morgan fingerprint density at radius 2 is 1.56 bits per heavy atom. The Bertz CT molecular complexity index is 979. The average Bonchev–Trinajstić information content (AvgIpc) is 3.28. The predicted molar refractivity (Wildman–Crippen MR) is 130 cm³/mol. The lowest BCUT2D eigenvalue weighted by Crippen LogP contribution is -2.44. The van der Waals surface area contributed by atoms with Gasteiger partial charge in [0.1, 0.15) is 11.4 Å². The van der Waals surface area contributed by atoms with Crippen LogP contribution < -0.4 is 4.74 Å². The van der Waals surface area contributed by atoms with Crippen LogP contribution in [0.15, 0.2) is 59.1 Å². The zero-order chi connectivity index (χ0) is 22.6. The van der Waals surface area contributed by atoms with Gasteiger partial charge in [-0.15, -0.1) is 0 Å². The average molecular weight is 434 g/mol. The molecule has 2 aromatic carbocycles. The summed E-state index contributed by atoms with van der Waals surface area (Å²) in [6.45, 7) is 13.1. The van der Waals surface area contributed by atoms with Crippen LogP contribution in [-0.4, -0.2) is 61.3 Å². The van der Waals surface area contributed by atoms with E-state index in [1.807, 2.05) is 30.3 Å². The second kappa shape index (κ2) is 9.88. The summed E-state index contributed by atoms with van der Waals surface area (Å²) in [4.78, 5) is 4.90. The van der Waals surface area contributed by atoms with Gasteiger partial charge < -0.3 is 19.1 Å². The molecule has 4 rings (SSSR count). The zero-order valence-corrected chi connectivity index (χ0v) is 19.8. The van der Waals surface area contributed by atoms with Crippen LogP contribution in [0.1, 0.15) is 32.8 Å². The van der Waals surface area contributed by atoms with Crippen LogP contribution in [0.3, 0.4) is 0 Å². The first kappa shape index (κ1) is 22.6. The maximum Gasteiger partial charge on any atom is 0.167 e. The molecule has 1 aliphatic rings. The molecule has 1 fully saturated rings. The second-order valence-corrected chi connectivity index (χ2v) is 9.78. The fourth-order valence-electron chi connectivity index (χ4n) is 3.95. The molecular formula is C27H35N3O2. The van der Waals surface area contributed by atoms with Crippen molar-refractivity contribution >= 4 is 0 Å². The number of nitrogens with zero attached hydrogens (tertiary/aromatic N) is 3. The minimum atomic E-state index is 0.141. The minimum absolute atomic E-state index is 0.141. The van der Waals surface area contributed by atoms with Crippen molar-refractivity contribution in [3.05, 3.63) is 60.2 Å². The van der Waals surface area contributed by atoms with Crippen LogP contribution in [0.4, 0.5) is 0 Å². The highest BCUT2D eigenvalue weighted by Gasteiger charge is 2.15. The molecule has 32 heavy (non-hydrogen) atoms. The quantitative estimate of drug-likeness (QED) is 0.472. The van der Waals surface area contributed by atoms with E-state index in [1.54, 1.807) is 0 Å². The summed E-state index contributed by atoms with van der Waals surface area (Å²) in [5, 5.41) is 4.27. The summed E-state index contributed by atoms with van der Waals surface area (Å²) in [5.41, 5.74) is 4.36. The number of benzene rings is 2. The lowest BCUT2D eigenvalue weighted by Gasteiger charge is -2.32. The topological polar surface area (TPSA) is 41.7 Å². The Morgan fingerprint density at radius 3 is 2.22 bits per heavy atom. The first-order chi connectivity index (χ1) is 15.4. The molecule has 0 N–H and O–H groups in total. The van der Waals surface area contributed by atoms with Crippen molar-refractivity contribution in [3.8, 4) is 28.3 Å². The Hall–Kier alpha value is -2.63. The molecule has 5 nitrogen and oxygen atoms in total. The molecule has 0 saturated carbocycles. The number of hydrogen-bond acceptors (Lipinski definition) is 5. The Labute approximate surface area is 192 Å². The molecule has 0 aliphatic carbocycles. The Kier molecular flexibility index (Phi) is 6.97. The van der Waals surface area contributed by atoms with E-state index in [-0.39, 0.29) is 5.41 Å². The van der Waals surface area contributed by atoms with Crippen molar-refractivity contribution in [3.63, 3.8) is 0 Å². The van der Waals surface area contributed by atoms with Gasteiger partial charge in [-0.25, -0.2) is 0 Å². The largest absolute Gasteiger partial charge is 0.494 e. The van der Waals surface area contributed by atoms with E-state index in [2.05, 4.69) is 67.0 Å². The summed E-state index contributed by atoms with van der Waals surface area (Å²) in [6.07, 6.45) is 1.05. The van der Waals surface area contributed by atoms with Crippen molar-refractivity contribution in [2.24, 2.45) is 0 Å². The van der Waals surface area contributed by atoms with Crippen molar-refractivity contribution in [2.75, 3.05) is 46.4 Å². The van der Waals surface area contributed by atoms with Crippen LogP contribution in [0.25, 0.3) is 22.6 Å². The molecule has 0 bridgehead atoms. The molecule has 1 saturated heterocycles. The van der Waals surface area contributed by atoms with E-state index < -0.39 is 0 Å². The van der Waals surface area contributed by atoms with Crippen LogP contribution in [0.5, 0.6) is 5.75 Å². The maximum atomic E-state index is 5.94. The second-order valence-electron chi connectivity index (χ2n) is 9.78. The van der Waals surface area contributed by atoms with Gasteiger partial charge in [-0.05, 0) is 48.7 Å². The van der Waals surface area contributed by atoms with Crippen molar-refractivity contribution in [1.29, 1.82) is 0 Å². The van der Waals surface area contributed by atoms with Gasteiger partial charge in [-0.3, -0.25) is 0 Å². The van der Waals surface area contributed by atoms with Crippen LogP contribution in [-0.2, 0) is 5.41 Å². The van der Waals surface area contributed by atoms with Gasteiger partial charge in [0.25, 0.3) is 0 Å². The molecule has 2 heterocycles. The first-order valence-corrected chi connectivity index (χ1v) is 11.6. The maximum absolute atomic E-state index is 5.94. The standard InChI is InChI=1S/C27H35N3O2/c1-27(2,3)23-10-6-21(7-11-23)25-20-26(32-28-25)22-8-12-24(13-9-22)31-19-5-14-30-17-15-29(4)16-18-30/h6-13,20H,5,14-19H2,1-4H3. The third-order valence-electron chi connectivity index (χ3n) is 6.18. The van der Waals surface area contributed by atoms with Crippen molar-refractivity contribution in [2.45, 2.75) is 32.6 Å². The number of aromatic nitrogens is 1. The monoisotopic (exact) mass is 433 g/mol. The van der Waals surface area contributed by atoms with Gasteiger partial charge in [0, 0.05) is 49.9 Å². The Morgan fingerprint density at radius 1 is 0.906 bits per heavy atom. The van der Waals surface area contributed by atoms with Gasteiger partial charge in [-0.1, -0.05) is 50.2 Å². The fourth-order valence-corrected chi connectivity index (χ4v) is 3.95. The number of likely N-dealkylation sites (N-methyl/N-ethyl adjacent to an activating group) is 1. The lowest BCUT2D eigenvalue weighted by atomic mass is 9.86. The zero-order valence-electron chi connectivity index (χ0n) is 19.8. The van der Waals surface area contributed by atoms with Crippen molar-refractivity contribution < 1.29 is 9.26 Å². The summed E-state index contributed by atoms with van der Waals surface area (Å²) >= 11 is 0. The van der Waals surface area contributed by atoms with Gasteiger partial charge in [0.05, 0.1) is 6.61 Å². The molecule has 0 unspecified atom stereocenters. The minimum Gasteiger partial charge on any atom is -0.494 e.